The van der Waals surface area contributed by atoms with Crippen LogP contribution in [0.2, 0.25) is 0 Å². The fourth-order valence-corrected chi connectivity index (χ4v) is 0.811. The number of carbonyl (C=O) groups is 2. The highest BCUT2D eigenvalue weighted by Gasteiger charge is 2.24. The van der Waals surface area contributed by atoms with Crippen molar-refractivity contribution in [3.63, 3.8) is 0 Å². The van der Waals surface area contributed by atoms with E-state index in [9.17, 15) is 9.59 Å². The van der Waals surface area contributed by atoms with E-state index in [1.807, 2.05) is 0 Å². The van der Waals surface area contributed by atoms with Crippen LogP contribution in [-0.2, 0) is 9.53 Å². The van der Waals surface area contributed by atoms with E-state index in [1.165, 1.54) is 6.08 Å². The Labute approximate surface area is 90.2 Å². The first-order valence-corrected chi connectivity index (χ1v) is 4.59. The van der Waals surface area contributed by atoms with Gasteiger partial charge in [-0.1, -0.05) is 12.7 Å². The summed E-state index contributed by atoms with van der Waals surface area (Å²) in [6.07, 6.45) is 1.82. The number of hydrogen-bond acceptors (Lipinski definition) is 3. The highest BCUT2D eigenvalue weighted by molar-refractivity contribution is 5.98. The first kappa shape index (κ1) is 13.4. The van der Waals surface area contributed by atoms with Crippen LogP contribution in [0.5, 0.6) is 0 Å². The second kappa shape index (κ2) is 5.34. The average Bonchev–Trinajstić information content (AvgIpc) is 2.10. The highest BCUT2D eigenvalue weighted by atomic mass is 16.6. The van der Waals surface area contributed by atoms with E-state index >= 15 is 0 Å². The number of nitrogens with zero attached hydrogens (tertiary/aromatic N) is 1. The third kappa shape index (κ3) is 5.00. The molecule has 4 nitrogen and oxygen atoms in total. The molecule has 0 atom stereocenters. The third-order valence-electron chi connectivity index (χ3n) is 1.37. The Balaban J connectivity index is 4.63. The van der Waals surface area contributed by atoms with Gasteiger partial charge < -0.3 is 4.74 Å². The van der Waals surface area contributed by atoms with Crippen molar-refractivity contribution < 1.29 is 14.3 Å². The predicted octanol–water partition coefficient (Wildman–Crippen LogP) is 2.12. The van der Waals surface area contributed by atoms with Crippen LogP contribution in [0.4, 0.5) is 4.79 Å². The van der Waals surface area contributed by atoms with E-state index in [-0.39, 0.29) is 6.54 Å². The fraction of sp³-hybridized carbons (Fsp3) is 0.455. The van der Waals surface area contributed by atoms with Gasteiger partial charge in [0.05, 0.1) is 6.54 Å². The van der Waals surface area contributed by atoms with Crippen LogP contribution in [0.25, 0.3) is 0 Å². The van der Waals surface area contributed by atoms with Crippen LogP contribution in [0.1, 0.15) is 20.8 Å². The summed E-state index contributed by atoms with van der Waals surface area (Å²) in [6.45, 7) is 12.1. The van der Waals surface area contributed by atoms with Crippen molar-refractivity contribution in [1.29, 1.82) is 0 Å². The van der Waals surface area contributed by atoms with Gasteiger partial charge in [0.15, 0.2) is 0 Å². The van der Waals surface area contributed by atoms with Crippen molar-refractivity contribution >= 4 is 12.0 Å². The lowest BCUT2D eigenvalue weighted by molar-refractivity contribution is -0.124. The van der Waals surface area contributed by atoms with Crippen LogP contribution in [0.15, 0.2) is 25.3 Å². The molecule has 4 heteroatoms. The van der Waals surface area contributed by atoms with Crippen molar-refractivity contribution in [2.45, 2.75) is 26.4 Å². The van der Waals surface area contributed by atoms with Gasteiger partial charge in [-0.25, -0.2) is 9.69 Å². The molecule has 0 rings (SSSR count). The molecule has 0 saturated heterocycles. The Hall–Kier alpha value is -1.58. The summed E-state index contributed by atoms with van der Waals surface area (Å²) in [4.78, 5) is 23.8. The molecule has 0 spiro atoms. The standard InChI is InChI=1S/C11H17NO3/c1-6-8-12(9(13)7-2)10(14)15-11(3,4)5/h6-7H,1-2,8H2,3-5H3. The Bertz CT molecular complexity index is 276. The van der Waals surface area contributed by atoms with E-state index in [0.29, 0.717) is 0 Å². The largest absolute Gasteiger partial charge is 0.443 e. The second-order valence-electron chi connectivity index (χ2n) is 3.92. The Morgan fingerprint density at radius 1 is 1.33 bits per heavy atom. The van der Waals surface area contributed by atoms with Gasteiger partial charge in [-0.2, -0.15) is 0 Å². The summed E-state index contributed by atoms with van der Waals surface area (Å²) in [5.74, 6) is -0.496. The lowest BCUT2D eigenvalue weighted by Crippen LogP contribution is -2.40. The number of hydrogen-bond donors (Lipinski definition) is 0. The van der Waals surface area contributed by atoms with Crippen molar-refractivity contribution in [1.82, 2.24) is 4.90 Å². The SMILES string of the molecule is C=CCN(C(=O)C=C)C(=O)OC(C)(C)C. The van der Waals surface area contributed by atoms with Gasteiger partial charge in [0.1, 0.15) is 5.60 Å². The molecule has 0 unspecified atom stereocenters. The van der Waals surface area contributed by atoms with Gasteiger partial charge in [0, 0.05) is 0 Å². The number of amides is 2. The minimum atomic E-state index is -0.688. The highest BCUT2D eigenvalue weighted by Crippen LogP contribution is 2.10. The van der Waals surface area contributed by atoms with E-state index in [1.54, 1.807) is 20.8 Å². The molecule has 84 valence electrons. The summed E-state index contributed by atoms with van der Waals surface area (Å²) in [7, 11) is 0. The summed E-state index contributed by atoms with van der Waals surface area (Å²) >= 11 is 0. The molecule has 0 heterocycles. The number of ether oxygens (including phenoxy) is 1. The summed E-state index contributed by atoms with van der Waals surface area (Å²) in [5, 5.41) is 0. The van der Waals surface area contributed by atoms with E-state index in [4.69, 9.17) is 4.74 Å². The molecule has 0 aromatic carbocycles. The minimum absolute atomic E-state index is 0.111. The van der Waals surface area contributed by atoms with Crippen LogP contribution < -0.4 is 0 Å². The molecular formula is C11H17NO3. The van der Waals surface area contributed by atoms with Gasteiger partial charge in [-0.3, -0.25) is 4.79 Å². The first-order valence-electron chi connectivity index (χ1n) is 4.59. The van der Waals surface area contributed by atoms with Crippen LogP contribution >= 0.6 is 0 Å². The normalized spacial score (nSPS) is 10.3. The van der Waals surface area contributed by atoms with Gasteiger partial charge in [0.25, 0.3) is 5.91 Å². The zero-order valence-corrected chi connectivity index (χ0v) is 9.45. The van der Waals surface area contributed by atoms with E-state index in [0.717, 1.165) is 11.0 Å². The van der Waals surface area contributed by atoms with Gasteiger partial charge >= 0.3 is 6.09 Å². The van der Waals surface area contributed by atoms with Gasteiger partial charge in [0.2, 0.25) is 0 Å². The van der Waals surface area contributed by atoms with Gasteiger partial charge in [-0.05, 0) is 26.8 Å². The second-order valence-corrected chi connectivity index (χ2v) is 3.92. The van der Waals surface area contributed by atoms with Crippen molar-refractivity contribution in [3.8, 4) is 0 Å². The average molecular weight is 211 g/mol. The minimum Gasteiger partial charge on any atom is -0.443 e. The molecule has 0 aliphatic carbocycles. The molecule has 0 N–H and O–H groups in total. The zero-order valence-electron chi connectivity index (χ0n) is 9.45. The van der Waals surface area contributed by atoms with Crippen molar-refractivity contribution in [3.05, 3.63) is 25.3 Å². The molecule has 0 fully saturated rings. The lowest BCUT2D eigenvalue weighted by Gasteiger charge is -2.24. The van der Waals surface area contributed by atoms with Crippen molar-refractivity contribution in [2.24, 2.45) is 0 Å². The topological polar surface area (TPSA) is 46.6 Å². The lowest BCUT2D eigenvalue weighted by atomic mass is 10.2. The van der Waals surface area contributed by atoms with E-state index in [2.05, 4.69) is 13.2 Å². The Morgan fingerprint density at radius 2 is 1.87 bits per heavy atom. The monoisotopic (exact) mass is 211 g/mol. The molecule has 0 aliphatic rings. The quantitative estimate of drug-likeness (QED) is 0.530. The van der Waals surface area contributed by atoms with Crippen LogP contribution in [0.3, 0.4) is 0 Å². The molecule has 0 bridgehead atoms. The molecule has 0 radical (unpaired) electrons. The fourth-order valence-electron chi connectivity index (χ4n) is 0.811. The number of carbonyl (C=O) groups excluding carboxylic acids is 2. The summed E-state index contributed by atoms with van der Waals surface area (Å²) in [5.41, 5.74) is -0.627. The van der Waals surface area contributed by atoms with E-state index < -0.39 is 17.6 Å². The third-order valence-corrected chi connectivity index (χ3v) is 1.37. The Morgan fingerprint density at radius 3 is 2.20 bits per heavy atom. The molecular weight excluding hydrogens is 194 g/mol. The summed E-state index contributed by atoms with van der Waals surface area (Å²) in [6, 6.07) is 0. The Kier molecular flexibility index (Phi) is 4.78. The first-order chi connectivity index (χ1) is 6.81. The zero-order chi connectivity index (χ0) is 12.1. The molecule has 0 aliphatic heterocycles. The maximum absolute atomic E-state index is 11.5. The smallest absolute Gasteiger partial charge is 0.417 e. The number of rotatable bonds is 3. The maximum Gasteiger partial charge on any atom is 0.417 e. The van der Waals surface area contributed by atoms with Crippen LogP contribution in [-0.4, -0.2) is 29.0 Å². The molecule has 15 heavy (non-hydrogen) atoms. The molecule has 0 saturated carbocycles. The summed E-state index contributed by atoms with van der Waals surface area (Å²) < 4.78 is 5.05. The van der Waals surface area contributed by atoms with Crippen molar-refractivity contribution in [2.75, 3.05) is 6.54 Å². The molecule has 2 amide bonds. The molecule has 0 aromatic heterocycles. The maximum atomic E-state index is 11.5. The predicted molar refractivity (Wildman–Crippen MR) is 58.3 cm³/mol. The number of imide groups is 1. The van der Waals surface area contributed by atoms with Crippen LogP contribution in [0, 0.1) is 0 Å². The molecule has 0 aromatic rings. The van der Waals surface area contributed by atoms with Gasteiger partial charge in [-0.15, -0.1) is 6.58 Å².